The summed E-state index contributed by atoms with van der Waals surface area (Å²) in [7, 11) is 3.00. The summed E-state index contributed by atoms with van der Waals surface area (Å²) in [5.74, 6) is 0.268. The van der Waals surface area contributed by atoms with Crippen molar-refractivity contribution in [3.8, 4) is 5.75 Å². The predicted molar refractivity (Wildman–Crippen MR) is 81.7 cm³/mol. The van der Waals surface area contributed by atoms with Crippen molar-refractivity contribution >= 4 is 17.3 Å². The highest BCUT2D eigenvalue weighted by Crippen LogP contribution is 2.27. The number of rotatable bonds is 7. The molecule has 5 heteroatoms. The van der Waals surface area contributed by atoms with E-state index in [1.807, 2.05) is 41.8 Å². The second-order valence-corrected chi connectivity index (χ2v) is 5.47. The maximum absolute atomic E-state index is 12.0. The molecule has 1 unspecified atom stereocenters. The van der Waals surface area contributed by atoms with E-state index in [1.54, 1.807) is 18.4 Å². The fourth-order valence-corrected chi connectivity index (χ4v) is 2.83. The first-order chi connectivity index (χ1) is 10.2. The first-order valence-corrected chi connectivity index (χ1v) is 7.44. The molecule has 4 nitrogen and oxygen atoms in total. The van der Waals surface area contributed by atoms with Gasteiger partial charge in [-0.05, 0) is 35.6 Å². The molecule has 0 bridgehead atoms. The zero-order valence-corrected chi connectivity index (χ0v) is 12.9. The SMILES string of the molecule is COCOc1ccc(CC(C(=O)OC)c2cccs2)cc1. The van der Waals surface area contributed by atoms with Gasteiger partial charge in [-0.1, -0.05) is 18.2 Å². The topological polar surface area (TPSA) is 44.8 Å². The number of hydrogen-bond acceptors (Lipinski definition) is 5. The lowest BCUT2D eigenvalue weighted by atomic mass is 9.98. The monoisotopic (exact) mass is 306 g/mol. The van der Waals surface area contributed by atoms with Crippen molar-refractivity contribution in [1.82, 2.24) is 0 Å². The van der Waals surface area contributed by atoms with E-state index in [2.05, 4.69) is 0 Å². The maximum Gasteiger partial charge on any atom is 0.314 e. The van der Waals surface area contributed by atoms with Crippen LogP contribution in [0.25, 0.3) is 0 Å². The van der Waals surface area contributed by atoms with Crippen molar-refractivity contribution in [2.24, 2.45) is 0 Å². The summed E-state index contributed by atoms with van der Waals surface area (Å²) in [4.78, 5) is 13.0. The molecule has 0 radical (unpaired) electrons. The zero-order chi connectivity index (χ0) is 15.1. The number of hydrogen-bond donors (Lipinski definition) is 0. The molecule has 0 saturated carbocycles. The van der Waals surface area contributed by atoms with Gasteiger partial charge in [0.1, 0.15) is 5.75 Å². The van der Waals surface area contributed by atoms with Gasteiger partial charge < -0.3 is 14.2 Å². The van der Waals surface area contributed by atoms with Crippen LogP contribution in [0.4, 0.5) is 0 Å². The van der Waals surface area contributed by atoms with Gasteiger partial charge in [0.15, 0.2) is 6.79 Å². The number of methoxy groups -OCH3 is 2. The fraction of sp³-hybridized carbons (Fsp3) is 0.312. The van der Waals surface area contributed by atoms with Gasteiger partial charge in [-0.25, -0.2) is 0 Å². The molecular weight excluding hydrogens is 288 g/mol. The second-order valence-electron chi connectivity index (χ2n) is 4.49. The van der Waals surface area contributed by atoms with Gasteiger partial charge in [-0.15, -0.1) is 11.3 Å². The van der Waals surface area contributed by atoms with Crippen LogP contribution in [0.2, 0.25) is 0 Å². The summed E-state index contributed by atoms with van der Waals surface area (Å²) in [6.07, 6.45) is 0.609. The highest BCUT2D eigenvalue weighted by atomic mass is 32.1. The van der Waals surface area contributed by atoms with Crippen LogP contribution >= 0.6 is 11.3 Å². The Balaban J connectivity index is 2.08. The van der Waals surface area contributed by atoms with Crippen molar-refractivity contribution in [1.29, 1.82) is 0 Å². The van der Waals surface area contributed by atoms with Gasteiger partial charge in [0.25, 0.3) is 0 Å². The van der Waals surface area contributed by atoms with E-state index >= 15 is 0 Å². The van der Waals surface area contributed by atoms with Crippen LogP contribution in [0.15, 0.2) is 41.8 Å². The number of carbonyl (C=O) groups is 1. The maximum atomic E-state index is 12.0. The van der Waals surface area contributed by atoms with Crippen LogP contribution < -0.4 is 4.74 Å². The molecule has 0 aliphatic heterocycles. The highest BCUT2D eigenvalue weighted by Gasteiger charge is 2.22. The highest BCUT2D eigenvalue weighted by molar-refractivity contribution is 7.10. The molecule has 2 rings (SSSR count). The Bertz CT molecular complexity index is 548. The average Bonchev–Trinajstić information content (AvgIpc) is 3.05. The van der Waals surface area contributed by atoms with Crippen LogP contribution in [0.1, 0.15) is 16.4 Å². The summed E-state index contributed by atoms with van der Waals surface area (Å²) in [6, 6.07) is 11.6. The van der Waals surface area contributed by atoms with Crippen molar-refractivity contribution in [3.63, 3.8) is 0 Å². The number of benzene rings is 1. The Labute approximate surface area is 128 Å². The molecule has 0 fully saturated rings. The second kappa shape index (κ2) is 7.81. The lowest BCUT2D eigenvalue weighted by molar-refractivity contribution is -0.142. The summed E-state index contributed by atoms with van der Waals surface area (Å²) in [5.41, 5.74) is 1.06. The van der Waals surface area contributed by atoms with Crippen molar-refractivity contribution in [2.75, 3.05) is 21.0 Å². The normalized spacial score (nSPS) is 11.9. The number of thiophene rings is 1. The zero-order valence-electron chi connectivity index (χ0n) is 12.1. The smallest absolute Gasteiger partial charge is 0.314 e. The molecule has 112 valence electrons. The van der Waals surface area contributed by atoms with Crippen molar-refractivity contribution < 1.29 is 19.0 Å². The van der Waals surface area contributed by atoms with Crippen LogP contribution in [0.3, 0.4) is 0 Å². The van der Waals surface area contributed by atoms with Gasteiger partial charge >= 0.3 is 5.97 Å². The molecule has 0 N–H and O–H groups in total. The molecule has 0 aliphatic rings. The van der Waals surface area contributed by atoms with Crippen LogP contribution in [0, 0.1) is 0 Å². The predicted octanol–water partition coefficient (Wildman–Crippen LogP) is 3.23. The van der Waals surface area contributed by atoms with Crippen LogP contribution in [0.5, 0.6) is 5.75 Å². The minimum absolute atomic E-state index is 0.211. The first kappa shape index (κ1) is 15.5. The summed E-state index contributed by atoms with van der Waals surface area (Å²) in [6.45, 7) is 0.222. The van der Waals surface area contributed by atoms with E-state index in [-0.39, 0.29) is 18.7 Å². The number of carbonyl (C=O) groups excluding carboxylic acids is 1. The Morgan fingerprint density at radius 2 is 1.95 bits per heavy atom. The average molecular weight is 306 g/mol. The molecule has 1 atom stereocenters. The molecule has 0 spiro atoms. The molecule has 0 saturated heterocycles. The molecule has 2 aromatic rings. The van der Waals surface area contributed by atoms with Crippen LogP contribution in [-0.4, -0.2) is 27.0 Å². The van der Waals surface area contributed by atoms with E-state index in [0.717, 1.165) is 16.2 Å². The Kier molecular flexibility index (Phi) is 5.78. The van der Waals surface area contributed by atoms with Gasteiger partial charge in [0.2, 0.25) is 0 Å². The summed E-state index contributed by atoms with van der Waals surface area (Å²) >= 11 is 1.57. The Morgan fingerprint density at radius 3 is 2.52 bits per heavy atom. The quantitative estimate of drug-likeness (QED) is 0.582. The van der Waals surface area contributed by atoms with Gasteiger partial charge in [0.05, 0.1) is 13.0 Å². The van der Waals surface area contributed by atoms with E-state index < -0.39 is 0 Å². The van der Waals surface area contributed by atoms with Gasteiger partial charge in [0, 0.05) is 12.0 Å². The molecule has 1 aromatic heterocycles. The minimum atomic E-state index is -0.263. The van der Waals surface area contributed by atoms with Gasteiger partial charge in [-0.3, -0.25) is 4.79 Å². The lowest BCUT2D eigenvalue weighted by Gasteiger charge is -2.13. The van der Waals surface area contributed by atoms with E-state index in [9.17, 15) is 4.79 Å². The van der Waals surface area contributed by atoms with Gasteiger partial charge in [-0.2, -0.15) is 0 Å². The molecule has 21 heavy (non-hydrogen) atoms. The van der Waals surface area contributed by atoms with E-state index in [0.29, 0.717) is 6.42 Å². The van der Waals surface area contributed by atoms with Crippen LogP contribution in [-0.2, 0) is 20.7 Å². The molecular formula is C16H18O4S. The third-order valence-corrected chi connectivity index (χ3v) is 4.06. The fourth-order valence-electron chi connectivity index (χ4n) is 2.02. The Morgan fingerprint density at radius 1 is 1.19 bits per heavy atom. The third kappa shape index (κ3) is 4.31. The minimum Gasteiger partial charge on any atom is -0.469 e. The molecule has 0 aliphatic carbocycles. The molecule has 1 aromatic carbocycles. The Hall–Kier alpha value is -1.85. The molecule has 0 amide bonds. The van der Waals surface area contributed by atoms with Crippen molar-refractivity contribution in [2.45, 2.75) is 12.3 Å². The number of ether oxygens (including phenoxy) is 3. The lowest BCUT2D eigenvalue weighted by Crippen LogP contribution is -2.15. The number of esters is 1. The standard InChI is InChI=1S/C16H18O4S/c1-18-11-20-13-7-5-12(6-8-13)10-14(16(17)19-2)15-4-3-9-21-15/h3-9,14H,10-11H2,1-2H3. The first-order valence-electron chi connectivity index (χ1n) is 6.56. The third-order valence-electron chi connectivity index (χ3n) is 3.08. The van der Waals surface area contributed by atoms with Crippen molar-refractivity contribution in [3.05, 3.63) is 52.2 Å². The summed E-state index contributed by atoms with van der Waals surface area (Å²) < 4.78 is 15.1. The summed E-state index contributed by atoms with van der Waals surface area (Å²) in [5, 5.41) is 1.97. The molecule has 1 heterocycles. The largest absolute Gasteiger partial charge is 0.469 e. The van der Waals surface area contributed by atoms with E-state index in [1.165, 1.54) is 7.11 Å². The van der Waals surface area contributed by atoms with E-state index in [4.69, 9.17) is 14.2 Å².